The zero-order valence-electron chi connectivity index (χ0n) is 12.1. The lowest BCUT2D eigenvalue weighted by Gasteiger charge is -2.58. The van der Waals surface area contributed by atoms with Crippen LogP contribution in [-0.2, 0) is 11.8 Å². The van der Waals surface area contributed by atoms with E-state index >= 15 is 0 Å². The lowest BCUT2D eigenvalue weighted by molar-refractivity contribution is -0.0213. The minimum atomic E-state index is 0.244. The first-order valence-corrected chi connectivity index (χ1v) is 7.89. The second-order valence-electron chi connectivity index (χ2n) is 7.13. The molecular weight excluding hydrogens is 246 g/mol. The largest absolute Gasteiger partial charge is 0.485 e. The molecular formula is C18H21NO. The molecule has 5 rings (SSSR count). The number of piperidine rings is 1. The molecule has 2 aliphatic carbocycles. The highest BCUT2D eigenvalue weighted by Crippen LogP contribution is 2.62. The van der Waals surface area contributed by atoms with Crippen LogP contribution < -0.4 is 4.74 Å². The lowest BCUT2D eigenvalue weighted by Crippen LogP contribution is -2.63. The van der Waals surface area contributed by atoms with E-state index in [0.717, 1.165) is 18.1 Å². The molecule has 1 unspecified atom stereocenters. The number of likely N-dealkylation sites (N-methyl/N-ethyl adjacent to an activating group) is 1. The van der Waals surface area contributed by atoms with Crippen molar-refractivity contribution in [2.24, 2.45) is 5.92 Å². The Kier molecular flexibility index (Phi) is 1.98. The van der Waals surface area contributed by atoms with E-state index in [9.17, 15) is 0 Å². The minimum absolute atomic E-state index is 0.244. The molecule has 2 aliphatic heterocycles. The average Bonchev–Trinajstić information content (AvgIpc) is 2.79. The van der Waals surface area contributed by atoms with E-state index in [2.05, 4.69) is 36.7 Å². The first-order chi connectivity index (χ1) is 9.72. The third-order valence-electron chi connectivity index (χ3n) is 6.44. The summed E-state index contributed by atoms with van der Waals surface area (Å²) < 4.78 is 6.41. The van der Waals surface area contributed by atoms with Gasteiger partial charge < -0.3 is 9.64 Å². The highest BCUT2D eigenvalue weighted by atomic mass is 16.5. The van der Waals surface area contributed by atoms with Gasteiger partial charge in [0, 0.05) is 17.0 Å². The smallest absolute Gasteiger partial charge is 0.130 e. The predicted molar refractivity (Wildman–Crippen MR) is 79.1 cm³/mol. The molecule has 4 atom stereocenters. The molecule has 2 bridgehead atoms. The van der Waals surface area contributed by atoms with Crippen LogP contribution in [0.1, 0.15) is 30.4 Å². The molecule has 1 saturated carbocycles. The molecule has 2 fully saturated rings. The SMILES string of the molecule is C=C1CCC2[C@H]3Cc4cccc5c4[C@@]2(CCN3C)[C@H]1O5. The summed E-state index contributed by atoms with van der Waals surface area (Å²) in [4.78, 5) is 2.59. The molecule has 104 valence electrons. The molecule has 4 aliphatic rings. The van der Waals surface area contributed by atoms with Crippen LogP contribution in [0.15, 0.2) is 30.4 Å². The van der Waals surface area contributed by atoms with Crippen molar-refractivity contribution < 1.29 is 4.74 Å². The van der Waals surface area contributed by atoms with E-state index in [-0.39, 0.29) is 11.5 Å². The number of ether oxygens (including phenoxy) is 1. The molecule has 1 saturated heterocycles. The number of benzene rings is 1. The molecule has 0 radical (unpaired) electrons. The monoisotopic (exact) mass is 267 g/mol. The Morgan fingerprint density at radius 2 is 2.30 bits per heavy atom. The fourth-order valence-corrected chi connectivity index (χ4v) is 5.63. The Labute approximate surface area is 120 Å². The van der Waals surface area contributed by atoms with Crippen molar-refractivity contribution in [3.63, 3.8) is 0 Å². The average molecular weight is 267 g/mol. The molecule has 1 spiro atoms. The van der Waals surface area contributed by atoms with Gasteiger partial charge in [0.05, 0.1) is 0 Å². The highest BCUT2D eigenvalue weighted by Gasteiger charge is 2.63. The lowest BCUT2D eigenvalue weighted by atomic mass is 9.51. The van der Waals surface area contributed by atoms with Crippen LogP contribution in [0.4, 0.5) is 0 Å². The Morgan fingerprint density at radius 1 is 1.40 bits per heavy atom. The van der Waals surface area contributed by atoms with Gasteiger partial charge in [-0.15, -0.1) is 0 Å². The summed E-state index contributed by atoms with van der Waals surface area (Å²) in [5.41, 5.74) is 4.66. The maximum absolute atomic E-state index is 6.41. The summed E-state index contributed by atoms with van der Waals surface area (Å²) in [6.07, 6.45) is 5.12. The van der Waals surface area contributed by atoms with Gasteiger partial charge in [-0.25, -0.2) is 0 Å². The minimum Gasteiger partial charge on any atom is -0.485 e. The van der Waals surface area contributed by atoms with Crippen LogP contribution in [0, 0.1) is 5.92 Å². The molecule has 0 N–H and O–H groups in total. The molecule has 0 aromatic heterocycles. The number of hydrogen-bond donors (Lipinski definition) is 0. The van der Waals surface area contributed by atoms with Gasteiger partial charge in [0.25, 0.3) is 0 Å². The summed E-state index contributed by atoms with van der Waals surface area (Å²) >= 11 is 0. The normalized spacial score (nSPS) is 41.2. The fourth-order valence-electron chi connectivity index (χ4n) is 5.63. The van der Waals surface area contributed by atoms with Crippen molar-refractivity contribution in [2.75, 3.05) is 13.6 Å². The molecule has 20 heavy (non-hydrogen) atoms. The van der Waals surface area contributed by atoms with E-state index in [0.29, 0.717) is 6.04 Å². The van der Waals surface area contributed by atoms with Crippen LogP contribution >= 0.6 is 0 Å². The first kappa shape index (κ1) is 11.4. The standard InChI is InChI=1S/C18H21NO/c1-11-6-7-13-14-10-12-4-3-5-15-16(12)18(13,17(11)20-15)8-9-19(14)2/h3-5,13-14,17H,1,6-10H2,2H3/t13?,14-,17+,18+/m1/s1. The van der Waals surface area contributed by atoms with Crippen LogP contribution in [0.3, 0.4) is 0 Å². The molecule has 0 amide bonds. The Balaban J connectivity index is 1.82. The number of likely N-dealkylation sites (tertiary alicyclic amines) is 1. The van der Waals surface area contributed by atoms with Crippen molar-refractivity contribution in [3.05, 3.63) is 41.5 Å². The van der Waals surface area contributed by atoms with Crippen molar-refractivity contribution in [1.82, 2.24) is 4.90 Å². The van der Waals surface area contributed by atoms with E-state index in [1.165, 1.54) is 36.9 Å². The Bertz CT molecular complexity index is 622. The summed E-state index contributed by atoms with van der Waals surface area (Å²) in [7, 11) is 2.31. The van der Waals surface area contributed by atoms with Gasteiger partial charge >= 0.3 is 0 Å². The van der Waals surface area contributed by atoms with Crippen LogP contribution in [-0.4, -0.2) is 30.6 Å². The van der Waals surface area contributed by atoms with Gasteiger partial charge in [-0.2, -0.15) is 0 Å². The summed E-state index contributed by atoms with van der Waals surface area (Å²) in [6, 6.07) is 7.37. The summed E-state index contributed by atoms with van der Waals surface area (Å²) in [5.74, 6) is 1.91. The molecule has 2 nitrogen and oxygen atoms in total. The van der Waals surface area contributed by atoms with Gasteiger partial charge in [0.15, 0.2) is 0 Å². The quantitative estimate of drug-likeness (QED) is 0.670. The molecule has 2 heterocycles. The second kappa shape index (κ2) is 3.48. The predicted octanol–water partition coefficient (Wildman–Crippen LogP) is 2.91. The highest BCUT2D eigenvalue weighted by molar-refractivity contribution is 5.56. The number of nitrogens with zero attached hydrogens (tertiary/aromatic N) is 1. The van der Waals surface area contributed by atoms with E-state index in [1.807, 2.05) is 0 Å². The van der Waals surface area contributed by atoms with Gasteiger partial charge in [0.1, 0.15) is 11.9 Å². The van der Waals surface area contributed by atoms with Crippen LogP contribution in [0.2, 0.25) is 0 Å². The summed E-state index contributed by atoms with van der Waals surface area (Å²) in [5, 5.41) is 0. The topological polar surface area (TPSA) is 12.5 Å². The zero-order chi connectivity index (χ0) is 13.5. The Hall–Kier alpha value is -1.28. The summed E-state index contributed by atoms with van der Waals surface area (Å²) in [6.45, 7) is 5.55. The van der Waals surface area contributed by atoms with Crippen LogP contribution in [0.25, 0.3) is 0 Å². The van der Waals surface area contributed by atoms with Gasteiger partial charge in [-0.1, -0.05) is 18.7 Å². The van der Waals surface area contributed by atoms with Crippen molar-refractivity contribution in [1.29, 1.82) is 0 Å². The maximum Gasteiger partial charge on any atom is 0.130 e. The molecule has 2 heteroatoms. The van der Waals surface area contributed by atoms with E-state index < -0.39 is 0 Å². The zero-order valence-corrected chi connectivity index (χ0v) is 12.1. The second-order valence-corrected chi connectivity index (χ2v) is 7.13. The first-order valence-electron chi connectivity index (χ1n) is 7.89. The molecule has 1 aromatic carbocycles. The van der Waals surface area contributed by atoms with Gasteiger partial charge in [-0.05, 0) is 62.4 Å². The van der Waals surface area contributed by atoms with Crippen molar-refractivity contribution in [2.45, 2.75) is 43.2 Å². The van der Waals surface area contributed by atoms with Crippen molar-refractivity contribution >= 4 is 0 Å². The maximum atomic E-state index is 6.41. The fraction of sp³-hybridized carbons (Fsp3) is 0.556. The molecule has 1 aromatic rings. The Morgan fingerprint density at radius 3 is 3.20 bits per heavy atom. The van der Waals surface area contributed by atoms with Gasteiger partial charge in [0.2, 0.25) is 0 Å². The number of hydrogen-bond acceptors (Lipinski definition) is 2. The third-order valence-corrected chi connectivity index (χ3v) is 6.44. The van der Waals surface area contributed by atoms with Crippen LogP contribution in [0.5, 0.6) is 5.75 Å². The van der Waals surface area contributed by atoms with E-state index in [1.54, 1.807) is 5.56 Å². The van der Waals surface area contributed by atoms with E-state index in [4.69, 9.17) is 4.74 Å². The van der Waals surface area contributed by atoms with Gasteiger partial charge in [-0.3, -0.25) is 0 Å². The third kappa shape index (κ3) is 1.08. The van der Waals surface area contributed by atoms with Crippen molar-refractivity contribution in [3.8, 4) is 5.75 Å². The number of rotatable bonds is 0.